The number of ether oxygens (including phenoxy) is 1. The van der Waals surface area contributed by atoms with Crippen molar-refractivity contribution in [3.63, 3.8) is 0 Å². The number of para-hydroxylation sites is 1. The lowest BCUT2D eigenvalue weighted by molar-refractivity contribution is -0.149. The van der Waals surface area contributed by atoms with Crippen LogP contribution in [0.15, 0.2) is 36.4 Å². The highest BCUT2D eigenvalue weighted by Crippen LogP contribution is 2.38. The third-order valence-electron chi connectivity index (χ3n) is 5.63. The summed E-state index contributed by atoms with van der Waals surface area (Å²) < 4.78 is 7.71. The summed E-state index contributed by atoms with van der Waals surface area (Å²) in [4.78, 5) is 26.7. The molecule has 2 heterocycles. The molecule has 0 N–H and O–H groups in total. The zero-order chi connectivity index (χ0) is 19.8. The fourth-order valence-corrected chi connectivity index (χ4v) is 4.07. The smallest absolute Gasteiger partial charge is 0.331 e. The first-order chi connectivity index (χ1) is 13.5. The number of carbonyl (C=O) groups is 2. The van der Waals surface area contributed by atoms with Gasteiger partial charge in [-0.3, -0.25) is 4.79 Å². The van der Waals surface area contributed by atoms with Crippen LogP contribution in [0.5, 0.6) is 0 Å². The predicted molar refractivity (Wildman–Crippen MR) is 109 cm³/mol. The number of aromatic nitrogens is 1. The van der Waals surface area contributed by atoms with Crippen molar-refractivity contribution in [1.82, 2.24) is 4.57 Å². The summed E-state index contributed by atoms with van der Waals surface area (Å²) >= 11 is 0. The minimum atomic E-state index is -0.817. The van der Waals surface area contributed by atoms with Crippen LogP contribution in [0.1, 0.15) is 48.3 Å². The number of fused-ring (bicyclic) bond motifs is 1. The Morgan fingerprint density at radius 2 is 1.96 bits per heavy atom. The molecular weight excluding hydrogens is 352 g/mol. The van der Waals surface area contributed by atoms with E-state index in [1.54, 1.807) is 17.9 Å². The summed E-state index contributed by atoms with van der Waals surface area (Å²) in [7, 11) is 0. The van der Waals surface area contributed by atoms with Gasteiger partial charge in [-0.25, -0.2) is 4.79 Å². The summed E-state index contributed by atoms with van der Waals surface area (Å²) in [6, 6.07) is 10.6. The molecule has 1 saturated carbocycles. The molecule has 0 saturated heterocycles. The van der Waals surface area contributed by atoms with E-state index in [1.165, 1.54) is 30.3 Å². The fraction of sp³-hybridized carbons (Fsp3) is 0.391. The number of hydrogen-bond acceptors (Lipinski definition) is 3. The molecule has 2 aliphatic rings. The predicted octanol–water partition coefficient (Wildman–Crippen LogP) is 3.97. The highest BCUT2D eigenvalue weighted by Gasteiger charge is 2.29. The summed E-state index contributed by atoms with van der Waals surface area (Å²) in [6.07, 6.45) is 5.66. The van der Waals surface area contributed by atoms with Gasteiger partial charge in [-0.15, -0.1) is 0 Å². The zero-order valence-corrected chi connectivity index (χ0v) is 16.6. The first-order valence-corrected chi connectivity index (χ1v) is 9.92. The van der Waals surface area contributed by atoms with Crippen LogP contribution in [-0.4, -0.2) is 29.1 Å². The van der Waals surface area contributed by atoms with Crippen molar-refractivity contribution in [2.24, 2.45) is 0 Å². The quantitative estimate of drug-likeness (QED) is 0.584. The van der Waals surface area contributed by atoms with E-state index < -0.39 is 12.1 Å². The van der Waals surface area contributed by atoms with Crippen LogP contribution >= 0.6 is 0 Å². The van der Waals surface area contributed by atoms with E-state index in [0.717, 1.165) is 23.2 Å². The van der Waals surface area contributed by atoms with E-state index in [2.05, 4.69) is 24.5 Å². The van der Waals surface area contributed by atoms with E-state index in [-0.39, 0.29) is 5.91 Å². The monoisotopic (exact) mass is 378 g/mol. The first kappa shape index (κ1) is 18.5. The molecule has 1 atom stereocenters. The topological polar surface area (TPSA) is 51.5 Å². The number of anilines is 1. The number of aryl methyl sites for hydroxylation is 1. The maximum Gasteiger partial charge on any atom is 0.331 e. The molecule has 28 heavy (non-hydrogen) atoms. The van der Waals surface area contributed by atoms with Gasteiger partial charge in [0.25, 0.3) is 5.91 Å². The second-order valence-electron chi connectivity index (χ2n) is 7.71. The Hall–Kier alpha value is -2.82. The summed E-state index contributed by atoms with van der Waals surface area (Å²) in [5.41, 5.74) is 5.47. The van der Waals surface area contributed by atoms with Gasteiger partial charge in [-0.05, 0) is 69.4 Å². The van der Waals surface area contributed by atoms with Crippen molar-refractivity contribution in [3.05, 3.63) is 58.9 Å². The molecule has 5 nitrogen and oxygen atoms in total. The third kappa shape index (κ3) is 3.49. The maximum atomic E-state index is 12.7. The second kappa shape index (κ2) is 7.30. The Morgan fingerprint density at radius 3 is 2.71 bits per heavy atom. The molecule has 0 spiro atoms. The van der Waals surface area contributed by atoms with Gasteiger partial charge in [0.15, 0.2) is 6.10 Å². The van der Waals surface area contributed by atoms with Gasteiger partial charge in [0.05, 0.1) is 0 Å². The van der Waals surface area contributed by atoms with Gasteiger partial charge < -0.3 is 14.2 Å². The van der Waals surface area contributed by atoms with Crippen LogP contribution in [0.4, 0.5) is 5.69 Å². The Kier molecular flexibility index (Phi) is 4.84. The van der Waals surface area contributed by atoms with Crippen LogP contribution in [0.25, 0.3) is 6.08 Å². The Bertz CT molecular complexity index is 953. The molecule has 1 aliphatic heterocycles. The molecule has 0 radical (unpaired) electrons. The minimum Gasteiger partial charge on any atom is -0.449 e. The number of hydrogen-bond donors (Lipinski definition) is 0. The van der Waals surface area contributed by atoms with Gasteiger partial charge in [0.1, 0.15) is 0 Å². The van der Waals surface area contributed by atoms with E-state index >= 15 is 0 Å². The van der Waals surface area contributed by atoms with Crippen molar-refractivity contribution in [3.8, 4) is 0 Å². The summed E-state index contributed by atoms with van der Waals surface area (Å²) in [5, 5.41) is 0. The maximum absolute atomic E-state index is 12.7. The van der Waals surface area contributed by atoms with E-state index in [0.29, 0.717) is 12.6 Å². The lowest BCUT2D eigenvalue weighted by Crippen LogP contribution is -2.38. The number of esters is 1. The number of rotatable bonds is 5. The van der Waals surface area contributed by atoms with Crippen molar-refractivity contribution in [1.29, 1.82) is 0 Å². The second-order valence-corrected chi connectivity index (χ2v) is 7.71. The standard InChI is InChI=1S/C23H26N2O3/c1-15-14-19(16(2)25(15)20-9-10-20)8-11-22(26)28-17(3)23(27)24-13-12-18-6-4-5-7-21(18)24/h4-8,11,14,17,20H,9-10,12-13H2,1-3H3/b11-8+/t17-/m1/s1. The molecule has 2 aromatic rings. The van der Waals surface area contributed by atoms with Crippen LogP contribution < -0.4 is 4.90 Å². The van der Waals surface area contributed by atoms with Crippen LogP contribution in [0, 0.1) is 13.8 Å². The zero-order valence-electron chi connectivity index (χ0n) is 16.6. The Labute approximate surface area is 165 Å². The molecule has 4 rings (SSSR count). The number of carbonyl (C=O) groups excluding carboxylic acids is 2. The van der Waals surface area contributed by atoms with Gasteiger partial charge in [-0.1, -0.05) is 18.2 Å². The van der Waals surface area contributed by atoms with Crippen molar-refractivity contribution in [2.75, 3.05) is 11.4 Å². The SMILES string of the molecule is Cc1cc(/C=C/C(=O)O[C@H](C)C(=O)N2CCc3ccccc32)c(C)n1C1CC1. The summed E-state index contributed by atoms with van der Waals surface area (Å²) in [5.74, 6) is -0.678. The third-order valence-corrected chi connectivity index (χ3v) is 5.63. The van der Waals surface area contributed by atoms with E-state index in [9.17, 15) is 9.59 Å². The Balaban J connectivity index is 1.39. The normalized spacial score (nSPS) is 17.0. The molecule has 1 amide bonds. The van der Waals surface area contributed by atoms with Crippen molar-refractivity contribution in [2.45, 2.75) is 52.2 Å². The largest absolute Gasteiger partial charge is 0.449 e. The fourth-order valence-electron chi connectivity index (χ4n) is 4.07. The Morgan fingerprint density at radius 1 is 1.21 bits per heavy atom. The number of benzene rings is 1. The highest BCUT2D eigenvalue weighted by molar-refractivity contribution is 6.00. The summed E-state index contributed by atoms with van der Waals surface area (Å²) in [6.45, 7) is 6.43. The lowest BCUT2D eigenvalue weighted by atomic mass is 10.2. The average Bonchev–Trinajstić information content (AvgIpc) is 3.34. The number of amides is 1. The van der Waals surface area contributed by atoms with Gasteiger partial charge in [0.2, 0.25) is 0 Å². The van der Waals surface area contributed by atoms with Crippen molar-refractivity contribution < 1.29 is 14.3 Å². The average molecular weight is 378 g/mol. The van der Waals surface area contributed by atoms with Gasteiger partial charge in [-0.2, -0.15) is 0 Å². The first-order valence-electron chi connectivity index (χ1n) is 9.92. The molecule has 1 aromatic heterocycles. The molecule has 1 aromatic carbocycles. The van der Waals surface area contributed by atoms with Crippen molar-refractivity contribution >= 4 is 23.6 Å². The molecule has 1 aliphatic carbocycles. The van der Waals surface area contributed by atoms with Crippen LogP contribution in [0.2, 0.25) is 0 Å². The molecular formula is C23H26N2O3. The molecule has 1 fully saturated rings. The molecule has 146 valence electrons. The van der Waals surface area contributed by atoms with E-state index in [4.69, 9.17) is 4.74 Å². The minimum absolute atomic E-state index is 0.182. The highest BCUT2D eigenvalue weighted by atomic mass is 16.5. The van der Waals surface area contributed by atoms with Crippen LogP contribution in [-0.2, 0) is 20.7 Å². The lowest BCUT2D eigenvalue weighted by Gasteiger charge is -2.21. The van der Waals surface area contributed by atoms with Crippen LogP contribution in [0.3, 0.4) is 0 Å². The molecule has 0 unspecified atom stereocenters. The van der Waals surface area contributed by atoms with Gasteiger partial charge in [0, 0.05) is 35.7 Å². The molecule has 0 bridgehead atoms. The van der Waals surface area contributed by atoms with E-state index in [1.807, 2.05) is 24.3 Å². The molecule has 5 heteroatoms. The van der Waals surface area contributed by atoms with Gasteiger partial charge >= 0.3 is 5.97 Å². The number of nitrogens with zero attached hydrogens (tertiary/aromatic N) is 2.